The fourth-order valence-electron chi connectivity index (χ4n) is 3.69. The summed E-state index contributed by atoms with van der Waals surface area (Å²) < 4.78 is 0. The summed E-state index contributed by atoms with van der Waals surface area (Å²) in [6, 6.07) is 18.9. The lowest BCUT2D eigenvalue weighted by Gasteiger charge is -2.10. The van der Waals surface area contributed by atoms with E-state index in [9.17, 15) is 4.79 Å². The third kappa shape index (κ3) is 1.89. The topological polar surface area (TPSA) is 17.1 Å². The summed E-state index contributed by atoms with van der Waals surface area (Å²) >= 11 is 0. The fraction of sp³-hybridized carbons (Fsp3) is 0.316. The first-order chi connectivity index (χ1) is 9.84. The van der Waals surface area contributed by atoms with Crippen molar-refractivity contribution in [3.8, 4) is 0 Å². The van der Waals surface area contributed by atoms with Crippen molar-refractivity contribution in [1.29, 1.82) is 0 Å². The Bertz CT molecular complexity index is 644. The van der Waals surface area contributed by atoms with Crippen molar-refractivity contribution in [2.75, 3.05) is 0 Å². The van der Waals surface area contributed by atoms with Gasteiger partial charge in [0.1, 0.15) is 5.78 Å². The largest absolute Gasteiger partial charge is 0.299 e. The van der Waals surface area contributed by atoms with E-state index >= 15 is 0 Å². The molecular formula is C19H18O. The van der Waals surface area contributed by atoms with E-state index in [2.05, 4.69) is 48.5 Å². The monoisotopic (exact) mass is 262 g/mol. The van der Waals surface area contributed by atoms with Gasteiger partial charge in [-0.1, -0.05) is 54.6 Å². The summed E-state index contributed by atoms with van der Waals surface area (Å²) in [7, 11) is 0. The third-order valence-corrected chi connectivity index (χ3v) is 4.86. The minimum Gasteiger partial charge on any atom is -0.299 e. The van der Waals surface area contributed by atoms with E-state index in [1.54, 1.807) is 0 Å². The highest BCUT2D eigenvalue weighted by atomic mass is 16.1. The number of rotatable bonds is 3. The highest BCUT2D eigenvalue weighted by Gasteiger charge is 2.47. The van der Waals surface area contributed by atoms with Crippen LogP contribution in [0.1, 0.15) is 41.4 Å². The number of aryl methyl sites for hydroxylation is 1. The number of fused-ring (bicyclic) bond motifs is 1. The zero-order chi connectivity index (χ0) is 13.5. The van der Waals surface area contributed by atoms with Crippen LogP contribution in [-0.4, -0.2) is 5.78 Å². The molecule has 1 nitrogen and oxygen atoms in total. The maximum absolute atomic E-state index is 12.8. The second-order valence-corrected chi connectivity index (χ2v) is 6.05. The van der Waals surface area contributed by atoms with E-state index in [4.69, 9.17) is 0 Å². The summed E-state index contributed by atoms with van der Waals surface area (Å²) in [4.78, 5) is 12.8. The number of benzene rings is 2. The van der Waals surface area contributed by atoms with E-state index in [-0.39, 0.29) is 11.8 Å². The first-order valence-corrected chi connectivity index (χ1v) is 7.51. The molecule has 2 aromatic rings. The van der Waals surface area contributed by atoms with Crippen LogP contribution in [0.3, 0.4) is 0 Å². The van der Waals surface area contributed by atoms with Crippen LogP contribution in [0.4, 0.5) is 0 Å². The number of carbonyl (C=O) groups is 1. The van der Waals surface area contributed by atoms with Crippen molar-refractivity contribution >= 4 is 5.78 Å². The van der Waals surface area contributed by atoms with Gasteiger partial charge in [-0.2, -0.15) is 0 Å². The second kappa shape index (κ2) is 4.59. The van der Waals surface area contributed by atoms with Crippen molar-refractivity contribution in [3.63, 3.8) is 0 Å². The Morgan fingerprint density at radius 1 is 0.950 bits per heavy atom. The molecule has 0 N–H and O–H groups in total. The molecule has 0 saturated heterocycles. The number of ketones is 1. The predicted molar refractivity (Wildman–Crippen MR) is 79.8 cm³/mol. The molecule has 1 heteroatoms. The molecule has 0 bridgehead atoms. The van der Waals surface area contributed by atoms with Crippen molar-refractivity contribution in [3.05, 3.63) is 71.3 Å². The normalized spacial score (nSPS) is 27.1. The van der Waals surface area contributed by atoms with Crippen molar-refractivity contribution in [2.24, 2.45) is 5.92 Å². The first-order valence-electron chi connectivity index (χ1n) is 7.51. The smallest absolute Gasteiger partial charge is 0.144 e. The molecule has 2 aromatic carbocycles. The molecule has 0 radical (unpaired) electrons. The molecule has 4 rings (SSSR count). The molecule has 2 aliphatic rings. The standard InChI is InChI=1S/C19H18O/c20-19(16-11-10-14-8-4-5-9-15(14)16)18-12-17(18)13-6-2-1-3-7-13/h1-9,16-18H,10-12H2. The Morgan fingerprint density at radius 3 is 2.55 bits per heavy atom. The lowest BCUT2D eigenvalue weighted by molar-refractivity contribution is -0.121. The quantitative estimate of drug-likeness (QED) is 0.814. The van der Waals surface area contributed by atoms with Crippen molar-refractivity contribution in [1.82, 2.24) is 0 Å². The van der Waals surface area contributed by atoms with Crippen LogP contribution in [-0.2, 0) is 11.2 Å². The molecule has 0 amide bonds. The van der Waals surface area contributed by atoms with Crippen LogP contribution in [0.15, 0.2) is 54.6 Å². The van der Waals surface area contributed by atoms with Gasteiger partial charge in [-0.3, -0.25) is 4.79 Å². The molecule has 0 spiro atoms. The Labute approximate surface area is 119 Å². The zero-order valence-corrected chi connectivity index (χ0v) is 11.5. The maximum atomic E-state index is 12.8. The van der Waals surface area contributed by atoms with Gasteiger partial charge in [0.15, 0.2) is 0 Å². The summed E-state index contributed by atoms with van der Waals surface area (Å²) in [5, 5.41) is 0. The van der Waals surface area contributed by atoms with Gasteiger partial charge in [0, 0.05) is 11.8 Å². The lowest BCUT2D eigenvalue weighted by atomic mass is 9.92. The number of Topliss-reactive ketones (excluding diaryl/α,β-unsaturated/α-hetero) is 1. The Morgan fingerprint density at radius 2 is 1.70 bits per heavy atom. The number of hydrogen-bond donors (Lipinski definition) is 0. The lowest BCUT2D eigenvalue weighted by Crippen LogP contribution is -2.12. The molecule has 0 heterocycles. The zero-order valence-electron chi connectivity index (χ0n) is 11.5. The van der Waals surface area contributed by atoms with Gasteiger partial charge in [0.2, 0.25) is 0 Å². The summed E-state index contributed by atoms with van der Waals surface area (Å²) in [5.74, 6) is 1.36. The molecule has 0 aromatic heterocycles. The molecular weight excluding hydrogens is 244 g/mol. The Hall–Kier alpha value is -1.89. The number of carbonyl (C=O) groups excluding carboxylic acids is 1. The van der Waals surface area contributed by atoms with Gasteiger partial charge in [0.25, 0.3) is 0 Å². The van der Waals surface area contributed by atoms with E-state index in [1.807, 2.05) is 6.07 Å². The predicted octanol–water partition coefficient (Wildman–Crippen LogP) is 4.09. The molecule has 20 heavy (non-hydrogen) atoms. The van der Waals surface area contributed by atoms with Crippen molar-refractivity contribution in [2.45, 2.75) is 31.1 Å². The number of hydrogen-bond acceptors (Lipinski definition) is 1. The minimum atomic E-state index is 0.157. The molecule has 1 saturated carbocycles. The second-order valence-electron chi connectivity index (χ2n) is 6.05. The van der Waals surface area contributed by atoms with Gasteiger partial charge in [-0.15, -0.1) is 0 Å². The van der Waals surface area contributed by atoms with E-state index < -0.39 is 0 Å². The minimum absolute atomic E-state index is 0.157. The first kappa shape index (κ1) is 11.9. The fourth-order valence-corrected chi connectivity index (χ4v) is 3.69. The van der Waals surface area contributed by atoms with Gasteiger partial charge < -0.3 is 0 Å². The third-order valence-electron chi connectivity index (χ3n) is 4.86. The van der Waals surface area contributed by atoms with Crippen LogP contribution in [0.5, 0.6) is 0 Å². The summed E-state index contributed by atoms with van der Waals surface area (Å²) in [6.07, 6.45) is 3.12. The molecule has 100 valence electrons. The molecule has 1 fully saturated rings. The Balaban J connectivity index is 1.53. The van der Waals surface area contributed by atoms with Gasteiger partial charge in [-0.05, 0) is 41.9 Å². The van der Waals surface area contributed by atoms with Crippen LogP contribution < -0.4 is 0 Å². The van der Waals surface area contributed by atoms with Crippen molar-refractivity contribution < 1.29 is 4.79 Å². The highest BCUT2D eigenvalue weighted by molar-refractivity contribution is 5.92. The Kier molecular flexibility index (Phi) is 2.73. The average molecular weight is 262 g/mol. The van der Waals surface area contributed by atoms with Crippen LogP contribution >= 0.6 is 0 Å². The van der Waals surface area contributed by atoms with E-state index in [0.29, 0.717) is 11.7 Å². The molecule has 0 aliphatic heterocycles. The molecule has 3 unspecified atom stereocenters. The SMILES string of the molecule is O=C(C1CCc2ccccc21)C1CC1c1ccccc1. The molecule has 2 aliphatic carbocycles. The van der Waals surface area contributed by atoms with Crippen LogP contribution in [0.2, 0.25) is 0 Å². The van der Waals surface area contributed by atoms with E-state index in [1.165, 1.54) is 16.7 Å². The van der Waals surface area contributed by atoms with Gasteiger partial charge in [-0.25, -0.2) is 0 Å². The van der Waals surface area contributed by atoms with Crippen LogP contribution in [0, 0.1) is 5.92 Å². The molecule has 3 atom stereocenters. The van der Waals surface area contributed by atoms with Crippen LogP contribution in [0.25, 0.3) is 0 Å². The highest BCUT2D eigenvalue weighted by Crippen LogP contribution is 2.51. The van der Waals surface area contributed by atoms with Gasteiger partial charge in [0.05, 0.1) is 0 Å². The summed E-state index contributed by atoms with van der Waals surface area (Å²) in [6.45, 7) is 0. The average Bonchev–Trinajstić information content (AvgIpc) is 3.20. The van der Waals surface area contributed by atoms with Gasteiger partial charge >= 0.3 is 0 Å². The maximum Gasteiger partial charge on any atom is 0.144 e. The van der Waals surface area contributed by atoms with E-state index in [0.717, 1.165) is 19.3 Å². The summed E-state index contributed by atoms with van der Waals surface area (Å²) in [5.41, 5.74) is 4.00.